The molecule has 1 heterocycles. The second-order valence-corrected chi connectivity index (χ2v) is 6.07. The number of hydrogen-bond acceptors (Lipinski definition) is 3. The quantitative estimate of drug-likeness (QED) is 0.796. The number of rotatable bonds is 6. The summed E-state index contributed by atoms with van der Waals surface area (Å²) in [5.74, 6) is 1.54. The molecule has 1 aromatic rings. The van der Waals surface area contributed by atoms with Crippen LogP contribution in [0.2, 0.25) is 0 Å². The predicted molar refractivity (Wildman–Crippen MR) is 83.9 cm³/mol. The van der Waals surface area contributed by atoms with E-state index >= 15 is 0 Å². The fraction of sp³-hybridized carbons (Fsp3) is 0.667. The summed E-state index contributed by atoms with van der Waals surface area (Å²) >= 11 is 0. The van der Waals surface area contributed by atoms with Gasteiger partial charge in [0.05, 0.1) is 19.3 Å². The summed E-state index contributed by atoms with van der Waals surface area (Å²) in [6.07, 6.45) is 1.15. The molecule has 2 rings (SSSR count). The molecule has 1 aromatic carbocycles. The first-order valence-electron chi connectivity index (χ1n) is 7.97. The molecular weight excluding hydrogens is 264 g/mol. The lowest BCUT2D eigenvalue weighted by molar-refractivity contribution is -0.250. The van der Waals surface area contributed by atoms with Crippen molar-refractivity contribution < 1.29 is 14.2 Å². The van der Waals surface area contributed by atoms with Crippen molar-refractivity contribution in [3.63, 3.8) is 0 Å². The third kappa shape index (κ3) is 4.06. The van der Waals surface area contributed by atoms with Gasteiger partial charge in [0, 0.05) is 13.0 Å². The van der Waals surface area contributed by atoms with Crippen LogP contribution in [-0.4, -0.2) is 26.1 Å². The monoisotopic (exact) mass is 292 g/mol. The van der Waals surface area contributed by atoms with Crippen molar-refractivity contribution in [2.24, 2.45) is 17.8 Å². The van der Waals surface area contributed by atoms with Crippen LogP contribution in [0.1, 0.15) is 32.8 Å². The first kappa shape index (κ1) is 16.5. The Morgan fingerprint density at radius 1 is 1.10 bits per heavy atom. The molecule has 0 aromatic heterocycles. The molecule has 0 N–H and O–H groups in total. The predicted octanol–water partition coefficient (Wildman–Crippen LogP) is 3.87. The summed E-state index contributed by atoms with van der Waals surface area (Å²) in [4.78, 5) is 0. The van der Waals surface area contributed by atoms with E-state index in [4.69, 9.17) is 14.2 Å². The van der Waals surface area contributed by atoms with Crippen LogP contribution in [0.25, 0.3) is 0 Å². The van der Waals surface area contributed by atoms with Gasteiger partial charge in [-0.3, -0.25) is 0 Å². The second-order valence-electron chi connectivity index (χ2n) is 6.07. The Labute approximate surface area is 128 Å². The number of hydrogen-bond donors (Lipinski definition) is 0. The van der Waals surface area contributed by atoms with Crippen molar-refractivity contribution in [2.75, 3.05) is 13.7 Å². The molecule has 0 radical (unpaired) electrons. The van der Waals surface area contributed by atoms with Crippen LogP contribution >= 0.6 is 0 Å². The van der Waals surface area contributed by atoms with Crippen molar-refractivity contribution in [3.05, 3.63) is 35.9 Å². The van der Waals surface area contributed by atoms with Gasteiger partial charge in [0.2, 0.25) is 0 Å². The van der Waals surface area contributed by atoms with E-state index in [0.717, 1.165) is 6.42 Å². The summed E-state index contributed by atoms with van der Waals surface area (Å²) in [6.45, 7) is 8.00. The molecule has 2 unspecified atom stereocenters. The standard InChI is InChI=1S/C18H28O3/c1-5-16-13(2)17(21-18(19-4)14(16)3)12-20-11-15-9-7-6-8-10-15/h6-10,13-14,16-18H,5,11-12H2,1-4H3/t13-,14?,16-,17?,18-/m0/s1. The highest BCUT2D eigenvalue weighted by Gasteiger charge is 2.40. The lowest BCUT2D eigenvalue weighted by atomic mass is 9.76. The molecule has 0 amide bonds. The Morgan fingerprint density at radius 3 is 2.43 bits per heavy atom. The zero-order valence-corrected chi connectivity index (χ0v) is 13.6. The Balaban J connectivity index is 1.89. The normalized spacial score (nSPS) is 33.0. The number of benzene rings is 1. The lowest BCUT2D eigenvalue weighted by Crippen LogP contribution is -2.48. The number of methoxy groups -OCH3 is 1. The zero-order valence-electron chi connectivity index (χ0n) is 13.6. The smallest absolute Gasteiger partial charge is 0.160 e. The third-order valence-electron chi connectivity index (χ3n) is 4.77. The van der Waals surface area contributed by atoms with Crippen molar-refractivity contribution in [1.29, 1.82) is 0 Å². The third-order valence-corrected chi connectivity index (χ3v) is 4.77. The summed E-state index contributed by atoms with van der Waals surface area (Å²) in [6, 6.07) is 10.3. The molecular formula is C18H28O3. The average molecular weight is 292 g/mol. The Hall–Kier alpha value is -0.900. The molecule has 5 atom stereocenters. The largest absolute Gasteiger partial charge is 0.374 e. The van der Waals surface area contributed by atoms with E-state index in [1.807, 2.05) is 18.2 Å². The summed E-state index contributed by atoms with van der Waals surface area (Å²) in [7, 11) is 1.73. The highest BCUT2D eigenvalue weighted by molar-refractivity contribution is 5.13. The van der Waals surface area contributed by atoms with Gasteiger partial charge in [-0.05, 0) is 17.4 Å². The topological polar surface area (TPSA) is 27.7 Å². The van der Waals surface area contributed by atoms with E-state index < -0.39 is 0 Å². The Morgan fingerprint density at radius 2 is 1.81 bits per heavy atom. The van der Waals surface area contributed by atoms with E-state index in [1.165, 1.54) is 5.56 Å². The maximum Gasteiger partial charge on any atom is 0.160 e. The summed E-state index contributed by atoms with van der Waals surface area (Å²) in [5, 5.41) is 0. The lowest BCUT2D eigenvalue weighted by Gasteiger charge is -2.44. The highest BCUT2D eigenvalue weighted by Crippen LogP contribution is 2.37. The van der Waals surface area contributed by atoms with E-state index in [-0.39, 0.29) is 12.4 Å². The van der Waals surface area contributed by atoms with Crippen molar-refractivity contribution in [2.45, 2.75) is 46.2 Å². The van der Waals surface area contributed by atoms with E-state index in [2.05, 4.69) is 32.9 Å². The van der Waals surface area contributed by atoms with E-state index in [9.17, 15) is 0 Å². The first-order chi connectivity index (χ1) is 10.2. The molecule has 0 bridgehead atoms. The molecule has 118 valence electrons. The fourth-order valence-electron chi connectivity index (χ4n) is 3.45. The fourth-order valence-corrected chi connectivity index (χ4v) is 3.45. The van der Waals surface area contributed by atoms with Crippen LogP contribution in [0.3, 0.4) is 0 Å². The van der Waals surface area contributed by atoms with Gasteiger partial charge < -0.3 is 14.2 Å². The van der Waals surface area contributed by atoms with E-state index in [0.29, 0.717) is 31.0 Å². The molecule has 3 heteroatoms. The van der Waals surface area contributed by atoms with Crippen LogP contribution in [0.4, 0.5) is 0 Å². The molecule has 3 nitrogen and oxygen atoms in total. The second kappa shape index (κ2) is 7.92. The SMILES string of the molecule is CC[C@@H]1C(C)[C@@H](OC)OC(COCc2ccccc2)[C@H]1C. The molecule has 0 spiro atoms. The molecule has 1 saturated heterocycles. The molecule has 1 aliphatic heterocycles. The molecule has 21 heavy (non-hydrogen) atoms. The Kier molecular flexibility index (Phi) is 6.22. The van der Waals surface area contributed by atoms with Gasteiger partial charge >= 0.3 is 0 Å². The minimum absolute atomic E-state index is 0.111. The van der Waals surface area contributed by atoms with Crippen molar-refractivity contribution in [1.82, 2.24) is 0 Å². The zero-order chi connectivity index (χ0) is 15.2. The van der Waals surface area contributed by atoms with Crippen LogP contribution in [0.15, 0.2) is 30.3 Å². The van der Waals surface area contributed by atoms with Crippen LogP contribution < -0.4 is 0 Å². The van der Waals surface area contributed by atoms with Crippen LogP contribution in [-0.2, 0) is 20.8 Å². The average Bonchev–Trinajstić information content (AvgIpc) is 2.51. The van der Waals surface area contributed by atoms with Gasteiger partial charge in [0.1, 0.15) is 0 Å². The molecule has 0 aliphatic carbocycles. The minimum atomic E-state index is -0.114. The highest BCUT2D eigenvalue weighted by atomic mass is 16.7. The van der Waals surface area contributed by atoms with Gasteiger partial charge in [-0.1, -0.05) is 57.5 Å². The van der Waals surface area contributed by atoms with Gasteiger partial charge in [0.25, 0.3) is 0 Å². The van der Waals surface area contributed by atoms with Crippen LogP contribution in [0, 0.1) is 17.8 Å². The van der Waals surface area contributed by atoms with E-state index in [1.54, 1.807) is 7.11 Å². The van der Waals surface area contributed by atoms with Gasteiger partial charge in [-0.15, -0.1) is 0 Å². The summed E-state index contributed by atoms with van der Waals surface area (Å²) in [5.41, 5.74) is 1.20. The maximum atomic E-state index is 6.08. The molecule has 1 aliphatic rings. The Bertz CT molecular complexity index is 406. The molecule has 0 saturated carbocycles. The van der Waals surface area contributed by atoms with Crippen molar-refractivity contribution >= 4 is 0 Å². The number of ether oxygens (including phenoxy) is 3. The first-order valence-corrected chi connectivity index (χ1v) is 7.97. The van der Waals surface area contributed by atoms with Crippen molar-refractivity contribution in [3.8, 4) is 0 Å². The summed E-state index contributed by atoms with van der Waals surface area (Å²) < 4.78 is 17.5. The maximum absolute atomic E-state index is 6.08. The van der Waals surface area contributed by atoms with Gasteiger partial charge in [0.15, 0.2) is 6.29 Å². The molecule has 1 fully saturated rings. The van der Waals surface area contributed by atoms with Crippen LogP contribution in [0.5, 0.6) is 0 Å². The minimum Gasteiger partial charge on any atom is -0.374 e. The van der Waals surface area contributed by atoms with Gasteiger partial charge in [-0.2, -0.15) is 0 Å². The van der Waals surface area contributed by atoms with Gasteiger partial charge in [-0.25, -0.2) is 0 Å².